The van der Waals surface area contributed by atoms with E-state index in [-0.39, 0.29) is 11.8 Å². The van der Waals surface area contributed by atoms with Crippen molar-refractivity contribution in [3.05, 3.63) is 29.5 Å². The lowest BCUT2D eigenvalue weighted by Crippen LogP contribution is -2.36. The average molecular weight is 378 g/mol. The maximum atomic E-state index is 6.12. The van der Waals surface area contributed by atoms with Crippen molar-refractivity contribution in [2.75, 3.05) is 46.0 Å². The monoisotopic (exact) mass is 378 g/mol. The minimum absolute atomic E-state index is 0.0584. The number of nitrogens with zero attached hydrogens (tertiary/aromatic N) is 2. The van der Waals surface area contributed by atoms with E-state index in [0.717, 1.165) is 0 Å². The smallest absolute Gasteiger partial charge is 0.227 e. The molecule has 0 saturated carbocycles. The van der Waals surface area contributed by atoms with E-state index in [0.29, 0.717) is 41.6 Å². The lowest BCUT2D eigenvalue weighted by molar-refractivity contribution is -0.212. The van der Waals surface area contributed by atoms with Gasteiger partial charge in [-0.3, -0.25) is 0 Å². The van der Waals surface area contributed by atoms with Gasteiger partial charge in [-0.1, -0.05) is 0 Å². The molecule has 0 atom stereocenters. The van der Waals surface area contributed by atoms with Gasteiger partial charge in [-0.2, -0.15) is 4.98 Å². The molecule has 0 aliphatic rings. The van der Waals surface area contributed by atoms with E-state index < -0.39 is 5.79 Å². The molecule has 0 bridgehead atoms. The lowest BCUT2D eigenvalue weighted by atomic mass is 9.97. The predicted octanol–water partition coefficient (Wildman–Crippen LogP) is 1.94. The molecule has 9 heteroatoms. The largest absolute Gasteiger partial charge is 0.493 e. The van der Waals surface area contributed by atoms with Gasteiger partial charge in [0.1, 0.15) is 5.82 Å². The van der Waals surface area contributed by atoms with Gasteiger partial charge in [-0.25, -0.2) is 4.98 Å². The summed E-state index contributed by atoms with van der Waals surface area (Å²) in [6.45, 7) is 4.36. The normalized spacial score (nSPS) is 11.3. The number of rotatable bonds is 9. The highest BCUT2D eigenvalue weighted by Crippen LogP contribution is 2.45. The number of ether oxygens (including phenoxy) is 5. The van der Waals surface area contributed by atoms with Gasteiger partial charge in [-0.05, 0) is 26.0 Å². The molecule has 1 aromatic heterocycles. The van der Waals surface area contributed by atoms with Gasteiger partial charge in [0.2, 0.25) is 17.5 Å². The first-order chi connectivity index (χ1) is 13.0. The van der Waals surface area contributed by atoms with Crippen LogP contribution < -0.4 is 25.7 Å². The van der Waals surface area contributed by atoms with Crippen LogP contribution in [0.5, 0.6) is 17.2 Å². The Kier molecular flexibility index (Phi) is 6.65. The highest BCUT2D eigenvalue weighted by Gasteiger charge is 2.40. The number of hydrogen-bond acceptors (Lipinski definition) is 9. The topological polar surface area (TPSA) is 124 Å². The number of methoxy groups -OCH3 is 3. The number of aromatic nitrogens is 2. The van der Waals surface area contributed by atoms with E-state index in [1.807, 2.05) is 13.8 Å². The van der Waals surface area contributed by atoms with Gasteiger partial charge in [0.05, 0.1) is 26.9 Å². The fraction of sp³-hybridized carbons (Fsp3) is 0.444. The molecule has 0 aliphatic carbocycles. The van der Waals surface area contributed by atoms with Crippen LogP contribution in [0.15, 0.2) is 18.3 Å². The third-order valence-electron chi connectivity index (χ3n) is 3.93. The molecule has 0 radical (unpaired) electrons. The Morgan fingerprint density at radius 1 is 0.926 bits per heavy atom. The van der Waals surface area contributed by atoms with Crippen molar-refractivity contribution in [3.63, 3.8) is 0 Å². The Hall–Kier alpha value is -2.78. The van der Waals surface area contributed by atoms with E-state index in [4.69, 9.17) is 35.2 Å². The molecule has 0 saturated heterocycles. The first kappa shape index (κ1) is 20.5. The van der Waals surface area contributed by atoms with Crippen LogP contribution in [0.3, 0.4) is 0 Å². The summed E-state index contributed by atoms with van der Waals surface area (Å²) in [6.07, 6.45) is 1.49. The summed E-state index contributed by atoms with van der Waals surface area (Å²) in [6, 6.07) is 3.48. The summed E-state index contributed by atoms with van der Waals surface area (Å²) in [5.41, 5.74) is 12.8. The number of benzene rings is 1. The number of anilines is 2. The molecule has 9 nitrogen and oxygen atoms in total. The standard InChI is InChI=1S/C18H26N4O5/c1-6-26-18(27-7-2,12-10-21-17(20)22-16(12)19)11-8-13(23-3)15(25-5)14(9-11)24-4/h8-10H,6-7H2,1-5H3,(H4,19,20,21,22). The van der Waals surface area contributed by atoms with Gasteiger partial charge in [0.15, 0.2) is 11.5 Å². The van der Waals surface area contributed by atoms with Crippen molar-refractivity contribution in [2.45, 2.75) is 19.6 Å². The van der Waals surface area contributed by atoms with Crippen molar-refractivity contribution in [3.8, 4) is 17.2 Å². The fourth-order valence-electron chi connectivity index (χ4n) is 2.86. The van der Waals surface area contributed by atoms with Crippen LogP contribution in [0.2, 0.25) is 0 Å². The third-order valence-corrected chi connectivity index (χ3v) is 3.93. The molecular weight excluding hydrogens is 352 g/mol. The third kappa shape index (κ3) is 3.83. The number of nitrogens with two attached hydrogens (primary N) is 2. The number of hydrogen-bond donors (Lipinski definition) is 2. The quantitative estimate of drug-likeness (QED) is 0.630. The molecule has 0 fully saturated rings. The highest BCUT2D eigenvalue weighted by atomic mass is 16.7. The Balaban J connectivity index is 2.81. The Labute approximate surface area is 158 Å². The maximum absolute atomic E-state index is 6.12. The highest BCUT2D eigenvalue weighted by molar-refractivity contribution is 5.57. The molecule has 0 spiro atoms. The lowest BCUT2D eigenvalue weighted by Gasteiger charge is -2.34. The Morgan fingerprint density at radius 2 is 1.48 bits per heavy atom. The van der Waals surface area contributed by atoms with E-state index in [1.54, 1.807) is 12.1 Å². The van der Waals surface area contributed by atoms with E-state index in [2.05, 4.69) is 9.97 Å². The van der Waals surface area contributed by atoms with Crippen LogP contribution in [-0.4, -0.2) is 44.5 Å². The molecule has 4 N–H and O–H groups in total. The van der Waals surface area contributed by atoms with Crippen LogP contribution in [0.4, 0.5) is 11.8 Å². The van der Waals surface area contributed by atoms with Crippen molar-refractivity contribution >= 4 is 11.8 Å². The molecule has 2 rings (SSSR count). The van der Waals surface area contributed by atoms with E-state index in [9.17, 15) is 0 Å². The molecule has 0 amide bonds. The molecule has 2 aromatic rings. The Morgan fingerprint density at radius 3 is 1.89 bits per heavy atom. The second-order valence-corrected chi connectivity index (χ2v) is 5.42. The summed E-state index contributed by atoms with van der Waals surface area (Å²) in [4.78, 5) is 8.10. The fourth-order valence-corrected chi connectivity index (χ4v) is 2.86. The van der Waals surface area contributed by atoms with Crippen LogP contribution in [-0.2, 0) is 15.3 Å². The summed E-state index contributed by atoms with van der Waals surface area (Å²) in [5, 5.41) is 0. The van der Waals surface area contributed by atoms with Gasteiger partial charge < -0.3 is 35.2 Å². The van der Waals surface area contributed by atoms with Crippen LogP contribution in [0.25, 0.3) is 0 Å². The zero-order valence-electron chi connectivity index (χ0n) is 16.2. The average Bonchev–Trinajstić information content (AvgIpc) is 2.66. The predicted molar refractivity (Wildman–Crippen MR) is 101 cm³/mol. The molecule has 27 heavy (non-hydrogen) atoms. The van der Waals surface area contributed by atoms with Gasteiger partial charge in [0, 0.05) is 25.0 Å². The van der Waals surface area contributed by atoms with Crippen LogP contribution >= 0.6 is 0 Å². The zero-order valence-corrected chi connectivity index (χ0v) is 16.2. The van der Waals surface area contributed by atoms with Crippen LogP contribution in [0, 0.1) is 0 Å². The zero-order chi connectivity index (χ0) is 20.0. The molecular formula is C18H26N4O5. The van der Waals surface area contributed by atoms with Gasteiger partial charge >= 0.3 is 0 Å². The summed E-state index contributed by atoms with van der Waals surface area (Å²) < 4.78 is 28.4. The SMILES string of the molecule is CCOC(OCC)(c1cc(OC)c(OC)c(OC)c1)c1cnc(N)nc1N. The van der Waals surface area contributed by atoms with E-state index in [1.165, 1.54) is 27.5 Å². The van der Waals surface area contributed by atoms with Crippen molar-refractivity contribution in [1.82, 2.24) is 9.97 Å². The minimum Gasteiger partial charge on any atom is -0.493 e. The summed E-state index contributed by atoms with van der Waals surface area (Å²) >= 11 is 0. The molecule has 148 valence electrons. The van der Waals surface area contributed by atoms with Crippen molar-refractivity contribution in [2.24, 2.45) is 0 Å². The van der Waals surface area contributed by atoms with E-state index >= 15 is 0 Å². The second kappa shape index (κ2) is 8.74. The summed E-state index contributed by atoms with van der Waals surface area (Å²) in [7, 11) is 4.60. The van der Waals surface area contributed by atoms with Crippen molar-refractivity contribution < 1.29 is 23.7 Å². The first-order valence-corrected chi connectivity index (χ1v) is 8.44. The van der Waals surface area contributed by atoms with Crippen LogP contribution in [0.1, 0.15) is 25.0 Å². The Bertz CT molecular complexity index is 753. The molecule has 1 aromatic carbocycles. The maximum Gasteiger partial charge on any atom is 0.227 e. The van der Waals surface area contributed by atoms with Gasteiger partial charge in [0.25, 0.3) is 0 Å². The molecule has 0 unspecified atom stereocenters. The molecule has 1 heterocycles. The number of nitrogen functional groups attached to an aromatic ring is 2. The second-order valence-electron chi connectivity index (χ2n) is 5.42. The molecule has 0 aliphatic heterocycles. The minimum atomic E-state index is -1.38. The summed E-state index contributed by atoms with van der Waals surface area (Å²) in [5.74, 6) is 0.179. The van der Waals surface area contributed by atoms with Crippen molar-refractivity contribution in [1.29, 1.82) is 0 Å². The van der Waals surface area contributed by atoms with Gasteiger partial charge in [-0.15, -0.1) is 0 Å². The first-order valence-electron chi connectivity index (χ1n) is 8.44.